The first-order valence-corrected chi connectivity index (χ1v) is 7.67. The van der Waals surface area contributed by atoms with Gasteiger partial charge in [-0.25, -0.2) is 0 Å². The third-order valence-electron chi connectivity index (χ3n) is 3.75. The number of rotatable bonds is 6. The van der Waals surface area contributed by atoms with Crippen LogP contribution in [0.15, 0.2) is 42.5 Å². The molecule has 0 aliphatic rings. The van der Waals surface area contributed by atoms with Gasteiger partial charge in [0, 0.05) is 25.8 Å². The zero-order chi connectivity index (χ0) is 15.2. The van der Waals surface area contributed by atoms with Crippen molar-refractivity contribution in [3.63, 3.8) is 0 Å². The topological polar surface area (TPSA) is 15.3 Å². The quantitative estimate of drug-likeness (QED) is 0.860. The van der Waals surface area contributed by atoms with Crippen LogP contribution in [-0.2, 0) is 13.1 Å². The zero-order valence-electron chi connectivity index (χ0n) is 13.6. The SMILES string of the molecule is CCNCc1cccc(CN(C)c2ccc(C)cc2C)c1. The molecule has 2 heteroatoms. The average molecular weight is 282 g/mol. The Morgan fingerprint density at radius 2 is 1.76 bits per heavy atom. The lowest BCUT2D eigenvalue weighted by Gasteiger charge is -2.22. The monoisotopic (exact) mass is 282 g/mol. The van der Waals surface area contributed by atoms with Crippen LogP contribution in [-0.4, -0.2) is 13.6 Å². The number of nitrogens with one attached hydrogen (secondary N) is 1. The Morgan fingerprint density at radius 3 is 2.48 bits per heavy atom. The maximum absolute atomic E-state index is 3.38. The summed E-state index contributed by atoms with van der Waals surface area (Å²) >= 11 is 0. The Morgan fingerprint density at radius 1 is 1.00 bits per heavy atom. The van der Waals surface area contributed by atoms with E-state index in [1.165, 1.54) is 27.9 Å². The Balaban J connectivity index is 2.10. The molecular weight excluding hydrogens is 256 g/mol. The number of benzene rings is 2. The average Bonchev–Trinajstić information content (AvgIpc) is 2.45. The lowest BCUT2D eigenvalue weighted by Crippen LogP contribution is -2.18. The van der Waals surface area contributed by atoms with Crippen LogP contribution >= 0.6 is 0 Å². The first kappa shape index (κ1) is 15.6. The van der Waals surface area contributed by atoms with E-state index < -0.39 is 0 Å². The molecule has 0 aromatic heterocycles. The highest BCUT2D eigenvalue weighted by Gasteiger charge is 2.06. The molecule has 2 rings (SSSR count). The predicted molar refractivity (Wildman–Crippen MR) is 91.8 cm³/mol. The summed E-state index contributed by atoms with van der Waals surface area (Å²) in [5, 5.41) is 3.38. The standard InChI is InChI=1S/C19H26N2/c1-5-20-13-17-7-6-8-18(12-17)14-21(4)19-10-9-15(2)11-16(19)3/h6-12,20H,5,13-14H2,1-4H3. The molecule has 0 amide bonds. The van der Waals surface area contributed by atoms with Gasteiger partial charge in [0.2, 0.25) is 0 Å². The summed E-state index contributed by atoms with van der Waals surface area (Å²) in [5.41, 5.74) is 6.66. The van der Waals surface area contributed by atoms with E-state index >= 15 is 0 Å². The van der Waals surface area contributed by atoms with Crippen molar-refractivity contribution in [3.05, 3.63) is 64.7 Å². The first-order valence-electron chi connectivity index (χ1n) is 7.67. The number of nitrogens with zero attached hydrogens (tertiary/aromatic N) is 1. The van der Waals surface area contributed by atoms with E-state index in [0.29, 0.717) is 0 Å². The van der Waals surface area contributed by atoms with Crippen molar-refractivity contribution in [2.75, 3.05) is 18.5 Å². The summed E-state index contributed by atoms with van der Waals surface area (Å²) in [7, 11) is 2.16. The molecule has 1 N–H and O–H groups in total. The van der Waals surface area contributed by atoms with Crippen molar-refractivity contribution in [3.8, 4) is 0 Å². The van der Waals surface area contributed by atoms with E-state index in [1.807, 2.05) is 0 Å². The van der Waals surface area contributed by atoms with Crippen LogP contribution in [0.25, 0.3) is 0 Å². The van der Waals surface area contributed by atoms with Gasteiger partial charge < -0.3 is 10.2 Å². The second-order valence-corrected chi connectivity index (χ2v) is 5.75. The summed E-state index contributed by atoms with van der Waals surface area (Å²) in [6, 6.07) is 15.5. The molecule has 0 spiro atoms. The normalized spacial score (nSPS) is 10.7. The highest BCUT2D eigenvalue weighted by Crippen LogP contribution is 2.21. The van der Waals surface area contributed by atoms with E-state index in [4.69, 9.17) is 0 Å². The molecule has 2 aromatic rings. The highest BCUT2D eigenvalue weighted by molar-refractivity contribution is 5.54. The molecule has 0 saturated heterocycles. The highest BCUT2D eigenvalue weighted by atomic mass is 15.1. The minimum absolute atomic E-state index is 0.934. The largest absolute Gasteiger partial charge is 0.370 e. The van der Waals surface area contributed by atoms with Gasteiger partial charge in [0.1, 0.15) is 0 Å². The summed E-state index contributed by atoms with van der Waals surface area (Å²) in [6.07, 6.45) is 0. The minimum Gasteiger partial charge on any atom is -0.370 e. The van der Waals surface area contributed by atoms with Crippen molar-refractivity contribution in [1.29, 1.82) is 0 Å². The smallest absolute Gasteiger partial charge is 0.0426 e. The predicted octanol–water partition coefficient (Wildman–Crippen LogP) is 4.05. The second-order valence-electron chi connectivity index (χ2n) is 5.75. The van der Waals surface area contributed by atoms with Crippen LogP contribution in [0.3, 0.4) is 0 Å². The van der Waals surface area contributed by atoms with Crippen molar-refractivity contribution in [2.45, 2.75) is 33.9 Å². The van der Waals surface area contributed by atoms with Crippen molar-refractivity contribution < 1.29 is 0 Å². The lowest BCUT2D eigenvalue weighted by molar-refractivity contribution is 0.725. The lowest BCUT2D eigenvalue weighted by atomic mass is 10.1. The van der Waals surface area contributed by atoms with Gasteiger partial charge in [0.25, 0.3) is 0 Å². The van der Waals surface area contributed by atoms with Crippen LogP contribution in [0, 0.1) is 13.8 Å². The Labute approximate surface area is 128 Å². The molecule has 0 unspecified atom stereocenters. The molecular formula is C19H26N2. The van der Waals surface area contributed by atoms with Crippen LogP contribution in [0.4, 0.5) is 5.69 Å². The van der Waals surface area contributed by atoms with E-state index in [-0.39, 0.29) is 0 Å². The second kappa shape index (κ2) is 7.28. The van der Waals surface area contributed by atoms with Gasteiger partial charge in [-0.1, -0.05) is 48.9 Å². The summed E-state index contributed by atoms with van der Waals surface area (Å²) in [5.74, 6) is 0. The molecule has 2 nitrogen and oxygen atoms in total. The maximum atomic E-state index is 3.38. The minimum atomic E-state index is 0.934. The van der Waals surface area contributed by atoms with E-state index in [1.54, 1.807) is 0 Å². The van der Waals surface area contributed by atoms with Crippen molar-refractivity contribution in [1.82, 2.24) is 5.32 Å². The van der Waals surface area contributed by atoms with Gasteiger partial charge in [-0.05, 0) is 43.1 Å². The van der Waals surface area contributed by atoms with Crippen molar-refractivity contribution >= 4 is 5.69 Å². The van der Waals surface area contributed by atoms with E-state index in [9.17, 15) is 0 Å². The fraction of sp³-hybridized carbons (Fsp3) is 0.368. The molecule has 2 aromatic carbocycles. The Kier molecular flexibility index (Phi) is 5.40. The maximum Gasteiger partial charge on any atom is 0.0426 e. The number of aryl methyl sites for hydroxylation is 2. The molecule has 0 saturated carbocycles. The van der Waals surface area contributed by atoms with Gasteiger partial charge in [0.05, 0.1) is 0 Å². The van der Waals surface area contributed by atoms with Crippen LogP contribution < -0.4 is 10.2 Å². The van der Waals surface area contributed by atoms with Gasteiger partial charge in [-0.3, -0.25) is 0 Å². The molecule has 112 valence electrons. The van der Waals surface area contributed by atoms with Gasteiger partial charge in [-0.2, -0.15) is 0 Å². The molecule has 0 atom stereocenters. The van der Waals surface area contributed by atoms with E-state index in [2.05, 4.69) is 80.5 Å². The Hall–Kier alpha value is -1.80. The molecule has 0 bridgehead atoms. The van der Waals surface area contributed by atoms with Crippen molar-refractivity contribution in [2.24, 2.45) is 0 Å². The number of anilines is 1. The summed E-state index contributed by atoms with van der Waals surface area (Å²) < 4.78 is 0. The zero-order valence-corrected chi connectivity index (χ0v) is 13.6. The Bertz CT molecular complexity index is 590. The number of hydrogen-bond acceptors (Lipinski definition) is 2. The molecule has 0 aliphatic heterocycles. The molecule has 0 fully saturated rings. The van der Waals surface area contributed by atoms with Crippen LogP contribution in [0.1, 0.15) is 29.2 Å². The summed E-state index contributed by atoms with van der Waals surface area (Å²) in [6.45, 7) is 9.34. The van der Waals surface area contributed by atoms with Gasteiger partial charge >= 0.3 is 0 Å². The van der Waals surface area contributed by atoms with E-state index in [0.717, 1.165) is 19.6 Å². The fourth-order valence-corrected chi connectivity index (χ4v) is 2.70. The summed E-state index contributed by atoms with van der Waals surface area (Å²) in [4.78, 5) is 2.32. The third-order valence-corrected chi connectivity index (χ3v) is 3.75. The molecule has 0 aliphatic carbocycles. The third kappa shape index (κ3) is 4.33. The molecule has 21 heavy (non-hydrogen) atoms. The van der Waals surface area contributed by atoms with Crippen LogP contribution in [0.5, 0.6) is 0 Å². The number of hydrogen-bond donors (Lipinski definition) is 1. The van der Waals surface area contributed by atoms with Crippen LogP contribution in [0.2, 0.25) is 0 Å². The molecule has 0 radical (unpaired) electrons. The van der Waals surface area contributed by atoms with Gasteiger partial charge in [0.15, 0.2) is 0 Å². The van der Waals surface area contributed by atoms with Gasteiger partial charge in [-0.15, -0.1) is 0 Å². The molecule has 0 heterocycles. The fourth-order valence-electron chi connectivity index (χ4n) is 2.70. The first-order chi connectivity index (χ1) is 10.1.